The van der Waals surface area contributed by atoms with Gasteiger partial charge in [-0.05, 0) is 42.0 Å². The summed E-state index contributed by atoms with van der Waals surface area (Å²) in [6, 6.07) is 7.17. The van der Waals surface area contributed by atoms with E-state index in [4.69, 9.17) is 0 Å². The molecule has 0 fully saturated rings. The number of aromatic nitrogens is 1. The number of likely N-dealkylation sites (N-methyl/N-ethyl adjacent to an activating group) is 1. The summed E-state index contributed by atoms with van der Waals surface area (Å²) in [6.07, 6.45) is -8.20. The van der Waals surface area contributed by atoms with Crippen molar-refractivity contribution < 1.29 is 37.4 Å². The summed E-state index contributed by atoms with van der Waals surface area (Å²) in [7, 11) is 1.02. The Morgan fingerprint density at radius 1 is 1.09 bits per heavy atom. The Balaban J connectivity index is 1.88. The van der Waals surface area contributed by atoms with Gasteiger partial charge < -0.3 is 20.8 Å². The molecule has 2 atom stereocenters. The van der Waals surface area contributed by atoms with Crippen molar-refractivity contribution >= 4 is 44.3 Å². The number of thiazole rings is 1. The Morgan fingerprint density at radius 3 is 2.34 bits per heavy atom. The largest absolute Gasteiger partial charge is 0.424 e. The topological polar surface area (TPSA) is 124 Å². The molecular weight excluding hydrogens is 456 g/mol. The number of nitrogens with one attached hydrogen (secondary N) is 3. The zero-order chi connectivity index (χ0) is 23.7. The van der Waals surface area contributed by atoms with Crippen LogP contribution in [0.5, 0.6) is 0 Å². The molecule has 0 bridgehead atoms. The highest BCUT2D eigenvalue weighted by atomic mass is 32.1. The van der Waals surface area contributed by atoms with Crippen LogP contribution in [-0.2, 0) is 10.4 Å². The molecule has 0 aliphatic rings. The molecule has 1 heterocycles. The minimum absolute atomic E-state index is 0.0270. The standard InChI is InChI=1S/C19H16F4N4O4S/c1-24-15(29)14(28)18(31,19(21,22)23)9-2-7-12-13(8-9)32-17(26-12)27-16(30)25-11-5-3-10(20)4-6-11/h2-8,14,28,31H,1H3,(H,24,29)(H2,25,26,27,30)/t14-,18+/m1/s1. The minimum Gasteiger partial charge on any atom is -0.380 e. The van der Waals surface area contributed by atoms with Crippen LogP contribution in [0, 0.1) is 5.82 Å². The van der Waals surface area contributed by atoms with Gasteiger partial charge in [0, 0.05) is 12.7 Å². The van der Waals surface area contributed by atoms with Gasteiger partial charge in [-0.1, -0.05) is 17.4 Å². The molecule has 1 aromatic heterocycles. The maximum absolute atomic E-state index is 13.7. The van der Waals surface area contributed by atoms with E-state index in [0.29, 0.717) is 5.69 Å². The van der Waals surface area contributed by atoms with Crippen molar-refractivity contribution in [2.24, 2.45) is 0 Å². The fourth-order valence-corrected chi connectivity index (χ4v) is 3.71. The lowest BCUT2D eigenvalue weighted by Crippen LogP contribution is -2.57. The van der Waals surface area contributed by atoms with E-state index in [2.05, 4.69) is 15.6 Å². The number of rotatable bonds is 5. The monoisotopic (exact) mass is 472 g/mol. The fourth-order valence-electron chi connectivity index (χ4n) is 2.81. The molecular formula is C19H16F4N4O4S. The summed E-state index contributed by atoms with van der Waals surface area (Å²) < 4.78 is 54.0. The fraction of sp³-hybridized carbons (Fsp3) is 0.211. The molecule has 32 heavy (non-hydrogen) atoms. The number of nitrogens with zero attached hydrogens (tertiary/aromatic N) is 1. The zero-order valence-corrected chi connectivity index (χ0v) is 17.0. The van der Waals surface area contributed by atoms with Crippen LogP contribution in [0.25, 0.3) is 10.2 Å². The average molecular weight is 472 g/mol. The summed E-state index contributed by atoms with van der Waals surface area (Å²) >= 11 is 0.802. The Hall–Kier alpha value is -3.29. The third-order valence-electron chi connectivity index (χ3n) is 4.47. The van der Waals surface area contributed by atoms with Gasteiger partial charge in [0.1, 0.15) is 5.82 Å². The molecule has 0 saturated carbocycles. The van der Waals surface area contributed by atoms with Crippen molar-refractivity contribution in [3.8, 4) is 0 Å². The van der Waals surface area contributed by atoms with Crippen LogP contribution in [0.2, 0.25) is 0 Å². The summed E-state index contributed by atoms with van der Waals surface area (Å²) in [5.41, 5.74) is -4.15. The first kappa shape index (κ1) is 23.4. The number of benzene rings is 2. The molecule has 13 heteroatoms. The minimum atomic E-state index is -5.38. The van der Waals surface area contributed by atoms with Gasteiger partial charge in [0.2, 0.25) is 5.60 Å². The number of anilines is 2. The molecule has 0 radical (unpaired) electrons. The first-order valence-electron chi connectivity index (χ1n) is 8.89. The van der Waals surface area contributed by atoms with Gasteiger partial charge in [0.15, 0.2) is 11.2 Å². The summed E-state index contributed by atoms with van der Waals surface area (Å²) in [5, 5.41) is 26.9. The van der Waals surface area contributed by atoms with E-state index in [1.165, 1.54) is 12.1 Å². The highest BCUT2D eigenvalue weighted by Crippen LogP contribution is 2.43. The number of fused-ring (bicyclic) bond motifs is 1. The molecule has 0 aliphatic heterocycles. The number of hydrogen-bond donors (Lipinski definition) is 5. The third-order valence-corrected chi connectivity index (χ3v) is 5.41. The molecule has 0 saturated heterocycles. The third kappa shape index (κ3) is 4.49. The maximum atomic E-state index is 13.7. The lowest BCUT2D eigenvalue weighted by Gasteiger charge is -2.34. The predicted molar refractivity (Wildman–Crippen MR) is 109 cm³/mol. The number of aliphatic hydroxyl groups is 2. The number of amides is 3. The Morgan fingerprint density at radius 2 is 1.75 bits per heavy atom. The SMILES string of the molecule is CNC(=O)[C@@H](O)[C@@](O)(c1ccc2nc(NC(=O)Nc3ccc(F)cc3)sc2c1)C(F)(F)F. The van der Waals surface area contributed by atoms with Crippen molar-refractivity contribution in [3.05, 3.63) is 53.8 Å². The maximum Gasteiger partial charge on any atom is 0.424 e. The molecule has 5 N–H and O–H groups in total. The van der Waals surface area contributed by atoms with Gasteiger partial charge in [-0.25, -0.2) is 14.2 Å². The first-order valence-corrected chi connectivity index (χ1v) is 9.70. The van der Waals surface area contributed by atoms with Crippen molar-refractivity contribution in [2.45, 2.75) is 17.9 Å². The number of halogens is 4. The van der Waals surface area contributed by atoms with Gasteiger partial charge in [0.25, 0.3) is 5.91 Å². The predicted octanol–water partition coefficient (Wildman–Crippen LogP) is 2.94. The van der Waals surface area contributed by atoms with Crippen LogP contribution < -0.4 is 16.0 Å². The van der Waals surface area contributed by atoms with Crippen molar-refractivity contribution in [1.29, 1.82) is 0 Å². The number of carbonyl (C=O) groups is 2. The Kier molecular flexibility index (Phi) is 6.34. The molecule has 3 amide bonds. The lowest BCUT2D eigenvalue weighted by molar-refractivity contribution is -0.293. The lowest BCUT2D eigenvalue weighted by atomic mass is 9.86. The van der Waals surface area contributed by atoms with E-state index in [1.807, 2.05) is 5.32 Å². The van der Waals surface area contributed by atoms with Crippen molar-refractivity contribution in [2.75, 3.05) is 17.7 Å². The molecule has 2 aromatic carbocycles. The van der Waals surface area contributed by atoms with Crippen LogP contribution in [0.1, 0.15) is 5.56 Å². The highest BCUT2D eigenvalue weighted by molar-refractivity contribution is 7.22. The van der Waals surface area contributed by atoms with Gasteiger partial charge in [0.05, 0.1) is 10.2 Å². The first-order chi connectivity index (χ1) is 15.0. The molecule has 0 unspecified atom stereocenters. The van der Waals surface area contributed by atoms with Gasteiger partial charge in [-0.3, -0.25) is 10.1 Å². The van der Waals surface area contributed by atoms with E-state index >= 15 is 0 Å². The molecule has 3 rings (SSSR count). The van der Waals surface area contributed by atoms with Crippen LogP contribution in [-0.4, -0.2) is 46.5 Å². The molecule has 170 valence electrons. The number of aliphatic hydroxyl groups excluding tert-OH is 1. The van der Waals surface area contributed by atoms with E-state index in [1.54, 1.807) is 0 Å². The summed E-state index contributed by atoms with van der Waals surface area (Å²) in [6.45, 7) is 0. The second kappa shape index (κ2) is 8.68. The number of hydrogen-bond acceptors (Lipinski definition) is 6. The van der Waals surface area contributed by atoms with Crippen LogP contribution >= 0.6 is 11.3 Å². The van der Waals surface area contributed by atoms with Crippen molar-refractivity contribution in [1.82, 2.24) is 10.3 Å². The van der Waals surface area contributed by atoms with Crippen LogP contribution in [0.3, 0.4) is 0 Å². The summed E-state index contributed by atoms with van der Waals surface area (Å²) in [5.74, 6) is -1.91. The smallest absolute Gasteiger partial charge is 0.380 e. The van der Waals surface area contributed by atoms with Gasteiger partial charge in [-0.15, -0.1) is 0 Å². The second-order valence-electron chi connectivity index (χ2n) is 6.57. The summed E-state index contributed by atoms with van der Waals surface area (Å²) in [4.78, 5) is 27.8. The molecule has 8 nitrogen and oxygen atoms in total. The number of alkyl halides is 3. The van der Waals surface area contributed by atoms with E-state index in [9.17, 15) is 37.4 Å². The number of urea groups is 1. The Labute approximate surface area is 181 Å². The molecule has 0 spiro atoms. The van der Waals surface area contributed by atoms with Crippen LogP contribution in [0.4, 0.5) is 33.2 Å². The molecule has 0 aliphatic carbocycles. The molecule has 3 aromatic rings. The van der Waals surface area contributed by atoms with E-state index < -0.39 is 41.2 Å². The van der Waals surface area contributed by atoms with Gasteiger partial charge in [-0.2, -0.15) is 13.2 Å². The average Bonchev–Trinajstić information content (AvgIpc) is 3.13. The zero-order valence-electron chi connectivity index (χ0n) is 16.2. The quantitative estimate of drug-likeness (QED) is 0.366. The van der Waals surface area contributed by atoms with Crippen LogP contribution in [0.15, 0.2) is 42.5 Å². The van der Waals surface area contributed by atoms with Gasteiger partial charge >= 0.3 is 12.2 Å². The van der Waals surface area contributed by atoms with E-state index in [0.717, 1.165) is 48.7 Å². The highest BCUT2D eigenvalue weighted by Gasteiger charge is 2.61. The normalized spacial score (nSPS) is 14.5. The Bertz CT molecular complexity index is 1150. The number of carbonyl (C=O) groups excluding carboxylic acids is 2. The second-order valence-corrected chi connectivity index (χ2v) is 7.60. The van der Waals surface area contributed by atoms with E-state index in [-0.39, 0.29) is 15.3 Å². The van der Waals surface area contributed by atoms with Crippen molar-refractivity contribution in [3.63, 3.8) is 0 Å².